The van der Waals surface area contributed by atoms with Crippen molar-refractivity contribution < 1.29 is 13.9 Å². The first-order valence-corrected chi connectivity index (χ1v) is 5.35. The molecule has 0 radical (unpaired) electrons. The van der Waals surface area contributed by atoms with Crippen molar-refractivity contribution in [2.24, 2.45) is 0 Å². The van der Waals surface area contributed by atoms with Crippen molar-refractivity contribution in [1.82, 2.24) is 5.32 Å². The van der Waals surface area contributed by atoms with Crippen molar-refractivity contribution in [3.63, 3.8) is 0 Å². The summed E-state index contributed by atoms with van der Waals surface area (Å²) in [5, 5.41) is 2.79. The second-order valence-electron chi connectivity index (χ2n) is 3.83. The Bertz CT molecular complexity index is 355. The van der Waals surface area contributed by atoms with Gasteiger partial charge in [-0.05, 0) is 18.5 Å². The van der Waals surface area contributed by atoms with Crippen molar-refractivity contribution >= 4 is 5.97 Å². The van der Waals surface area contributed by atoms with Gasteiger partial charge in [-0.1, -0.05) is 30.3 Å². The van der Waals surface area contributed by atoms with E-state index in [0.29, 0.717) is 13.0 Å². The van der Waals surface area contributed by atoms with Crippen LogP contribution in [0.1, 0.15) is 12.0 Å². The molecule has 16 heavy (non-hydrogen) atoms. The first-order chi connectivity index (χ1) is 7.77. The maximum absolute atomic E-state index is 13.2. The fraction of sp³-hybridized carbons (Fsp3) is 0.417. The fourth-order valence-corrected chi connectivity index (χ4v) is 1.72. The molecule has 0 saturated carbocycles. The van der Waals surface area contributed by atoms with Gasteiger partial charge in [-0.2, -0.15) is 0 Å². The number of rotatable bonds is 3. The summed E-state index contributed by atoms with van der Waals surface area (Å²) in [5.74, 6) is -0.506. The van der Waals surface area contributed by atoms with E-state index in [1.54, 1.807) is 0 Å². The predicted octanol–water partition coefficient (Wildman–Crippen LogP) is 1.43. The van der Waals surface area contributed by atoms with Gasteiger partial charge in [-0.25, -0.2) is 4.39 Å². The normalized spacial score (nSPS) is 24.3. The highest BCUT2D eigenvalue weighted by atomic mass is 19.1. The number of carbonyl (C=O) groups excluding carboxylic acids is 1. The molecular weight excluding hydrogens is 209 g/mol. The standard InChI is InChI=1S/C12H14FNO2/c13-10-6-7-14-11(10)12(15)16-8-9-4-2-1-3-5-9/h1-5,10-11,14H,6-8H2. The third-order valence-electron chi connectivity index (χ3n) is 2.62. The Balaban J connectivity index is 1.84. The second-order valence-corrected chi connectivity index (χ2v) is 3.83. The third kappa shape index (κ3) is 2.58. The van der Waals surface area contributed by atoms with Gasteiger partial charge in [0.25, 0.3) is 0 Å². The van der Waals surface area contributed by atoms with E-state index in [2.05, 4.69) is 5.32 Å². The molecular formula is C12H14FNO2. The average Bonchev–Trinajstić information content (AvgIpc) is 2.74. The van der Waals surface area contributed by atoms with Gasteiger partial charge in [0.2, 0.25) is 0 Å². The number of halogens is 1. The molecule has 0 amide bonds. The van der Waals surface area contributed by atoms with Crippen LogP contribution in [0.3, 0.4) is 0 Å². The fourth-order valence-electron chi connectivity index (χ4n) is 1.72. The Morgan fingerprint density at radius 1 is 1.44 bits per heavy atom. The highest BCUT2D eigenvalue weighted by Gasteiger charge is 2.33. The van der Waals surface area contributed by atoms with Gasteiger partial charge in [0.1, 0.15) is 18.8 Å². The summed E-state index contributed by atoms with van der Waals surface area (Å²) in [4.78, 5) is 11.5. The molecule has 1 heterocycles. The van der Waals surface area contributed by atoms with Gasteiger partial charge in [-0.3, -0.25) is 4.79 Å². The number of hydrogen-bond donors (Lipinski definition) is 1. The Kier molecular flexibility index (Phi) is 3.51. The summed E-state index contributed by atoms with van der Waals surface area (Å²) in [7, 11) is 0. The molecule has 1 aromatic carbocycles. The van der Waals surface area contributed by atoms with Gasteiger partial charge in [0.05, 0.1) is 0 Å². The maximum Gasteiger partial charge on any atom is 0.326 e. The van der Waals surface area contributed by atoms with E-state index in [4.69, 9.17) is 4.74 Å². The lowest BCUT2D eigenvalue weighted by molar-refractivity contribution is -0.148. The minimum atomic E-state index is -1.12. The molecule has 1 aromatic rings. The van der Waals surface area contributed by atoms with Crippen LogP contribution >= 0.6 is 0 Å². The van der Waals surface area contributed by atoms with E-state index >= 15 is 0 Å². The van der Waals surface area contributed by atoms with Crippen LogP contribution in [-0.4, -0.2) is 24.7 Å². The van der Waals surface area contributed by atoms with Crippen LogP contribution in [0.5, 0.6) is 0 Å². The molecule has 1 saturated heterocycles. The Morgan fingerprint density at radius 2 is 2.19 bits per heavy atom. The number of esters is 1. The lowest BCUT2D eigenvalue weighted by Gasteiger charge is -2.12. The summed E-state index contributed by atoms with van der Waals surface area (Å²) >= 11 is 0. The molecule has 0 bridgehead atoms. The molecule has 0 spiro atoms. The van der Waals surface area contributed by atoms with Gasteiger partial charge in [-0.15, -0.1) is 0 Å². The minimum Gasteiger partial charge on any atom is -0.460 e. The maximum atomic E-state index is 13.2. The van der Waals surface area contributed by atoms with Crippen LogP contribution in [0.4, 0.5) is 4.39 Å². The van der Waals surface area contributed by atoms with E-state index in [1.807, 2.05) is 30.3 Å². The Hall–Kier alpha value is -1.42. The largest absolute Gasteiger partial charge is 0.460 e. The molecule has 4 heteroatoms. The lowest BCUT2D eigenvalue weighted by atomic mass is 10.2. The Labute approximate surface area is 93.6 Å². The zero-order chi connectivity index (χ0) is 11.4. The molecule has 2 unspecified atom stereocenters. The highest BCUT2D eigenvalue weighted by molar-refractivity contribution is 5.77. The smallest absolute Gasteiger partial charge is 0.326 e. The van der Waals surface area contributed by atoms with Crippen molar-refractivity contribution in [3.05, 3.63) is 35.9 Å². The van der Waals surface area contributed by atoms with Crippen molar-refractivity contribution in [2.45, 2.75) is 25.2 Å². The summed E-state index contributed by atoms with van der Waals surface area (Å²) < 4.78 is 18.2. The second kappa shape index (κ2) is 5.07. The average molecular weight is 223 g/mol. The van der Waals surface area contributed by atoms with Crippen molar-refractivity contribution in [1.29, 1.82) is 0 Å². The number of nitrogens with one attached hydrogen (secondary N) is 1. The van der Waals surface area contributed by atoms with Crippen LogP contribution in [0.15, 0.2) is 30.3 Å². The quantitative estimate of drug-likeness (QED) is 0.788. The number of carbonyl (C=O) groups is 1. The van der Waals surface area contributed by atoms with Crippen LogP contribution in [0, 0.1) is 0 Å². The van der Waals surface area contributed by atoms with Crippen molar-refractivity contribution in [3.8, 4) is 0 Å². The summed E-state index contributed by atoms with van der Waals surface area (Å²) in [5.41, 5.74) is 0.907. The first kappa shape index (κ1) is 11.1. The van der Waals surface area contributed by atoms with Crippen molar-refractivity contribution in [2.75, 3.05) is 6.54 Å². The molecule has 3 nitrogen and oxygen atoms in total. The zero-order valence-electron chi connectivity index (χ0n) is 8.86. The van der Waals surface area contributed by atoms with Gasteiger partial charge >= 0.3 is 5.97 Å². The molecule has 0 aromatic heterocycles. The van der Waals surface area contributed by atoms with Crippen LogP contribution in [-0.2, 0) is 16.1 Å². The number of hydrogen-bond acceptors (Lipinski definition) is 3. The van der Waals surface area contributed by atoms with E-state index in [0.717, 1.165) is 5.56 Å². The molecule has 1 aliphatic heterocycles. The summed E-state index contributed by atoms with van der Waals surface area (Å²) in [6.07, 6.45) is -0.742. The molecule has 0 aliphatic carbocycles. The SMILES string of the molecule is O=C(OCc1ccccc1)C1NCCC1F. The number of ether oxygens (including phenoxy) is 1. The lowest BCUT2D eigenvalue weighted by Crippen LogP contribution is -2.37. The zero-order valence-corrected chi connectivity index (χ0v) is 8.86. The molecule has 2 atom stereocenters. The summed E-state index contributed by atoms with van der Waals surface area (Å²) in [6.45, 7) is 0.733. The molecule has 86 valence electrons. The topological polar surface area (TPSA) is 38.3 Å². The van der Waals surface area contributed by atoms with Gasteiger partial charge in [0.15, 0.2) is 0 Å². The highest BCUT2D eigenvalue weighted by Crippen LogP contribution is 2.13. The minimum absolute atomic E-state index is 0.199. The predicted molar refractivity (Wildman–Crippen MR) is 57.5 cm³/mol. The monoisotopic (exact) mass is 223 g/mol. The van der Waals surface area contributed by atoms with Crippen LogP contribution < -0.4 is 5.32 Å². The van der Waals surface area contributed by atoms with E-state index in [9.17, 15) is 9.18 Å². The number of benzene rings is 1. The molecule has 1 aliphatic rings. The first-order valence-electron chi connectivity index (χ1n) is 5.35. The third-order valence-corrected chi connectivity index (χ3v) is 2.62. The van der Waals surface area contributed by atoms with Gasteiger partial charge in [0, 0.05) is 0 Å². The molecule has 1 N–H and O–H groups in total. The van der Waals surface area contributed by atoms with Crippen LogP contribution in [0.25, 0.3) is 0 Å². The van der Waals surface area contributed by atoms with Crippen LogP contribution in [0.2, 0.25) is 0 Å². The van der Waals surface area contributed by atoms with E-state index in [1.165, 1.54) is 0 Å². The van der Waals surface area contributed by atoms with Gasteiger partial charge < -0.3 is 10.1 Å². The molecule has 1 fully saturated rings. The van der Waals surface area contributed by atoms with E-state index < -0.39 is 18.2 Å². The Morgan fingerprint density at radius 3 is 2.81 bits per heavy atom. The summed E-state index contributed by atoms with van der Waals surface area (Å²) in [6, 6.07) is 8.57. The molecule has 2 rings (SSSR count). The number of alkyl halides is 1. The van der Waals surface area contributed by atoms with E-state index in [-0.39, 0.29) is 6.61 Å².